The van der Waals surface area contributed by atoms with Crippen LogP contribution in [0.2, 0.25) is 0 Å². The molecule has 2 aromatic rings. The van der Waals surface area contributed by atoms with Gasteiger partial charge in [0, 0.05) is 29.8 Å². The van der Waals surface area contributed by atoms with E-state index >= 15 is 0 Å². The van der Waals surface area contributed by atoms with E-state index in [4.69, 9.17) is 8.92 Å². The predicted molar refractivity (Wildman–Crippen MR) is 106 cm³/mol. The summed E-state index contributed by atoms with van der Waals surface area (Å²) >= 11 is 0. The lowest BCUT2D eigenvalue weighted by atomic mass is 10.1. The van der Waals surface area contributed by atoms with Gasteiger partial charge < -0.3 is 19.8 Å². The Labute approximate surface area is 177 Å². The highest BCUT2D eigenvalue weighted by molar-refractivity contribution is 7.86. The van der Waals surface area contributed by atoms with Gasteiger partial charge in [-0.1, -0.05) is 0 Å². The number of H-pyrrole nitrogens is 1. The molecule has 1 amide bonds. The Morgan fingerprint density at radius 1 is 1.32 bits per heavy atom. The van der Waals surface area contributed by atoms with Gasteiger partial charge in [-0.2, -0.15) is 8.42 Å². The SMILES string of the molecule is CS(=O)(=O)O[C@@H]1C[C@@H](Cc2cc(O)[nH]c2O)N(C(=O)OCc2ccc([N+](=O)[O-])cc2)C1. The van der Waals surface area contributed by atoms with Crippen molar-refractivity contribution >= 4 is 21.9 Å². The number of aromatic hydroxyl groups is 2. The molecule has 1 saturated heterocycles. The summed E-state index contributed by atoms with van der Waals surface area (Å²) < 4.78 is 33.3. The molecule has 3 N–H and O–H groups in total. The molecular weight excluding hydrogens is 434 g/mol. The van der Waals surface area contributed by atoms with Crippen LogP contribution in [0.3, 0.4) is 0 Å². The molecule has 0 saturated carbocycles. The minimum atomic E-state index is -3.75. The maximum atomic E-state index is 12.7. The number of benzene rings is 1. The summed E-state index contributed by atoms with van der Waals surface area (Å²) in [5.41, 5.74) is 0.785. The highest BCUT2D eigenvalue weighted by atomic mass is 32.2. The van der Waals surface area contributed by atoms with Crippen LogP contribution < -0.4 is 0 Å². The average Bonchev–Trinajstić information content (AvgIpc) is 3.20. The van der Waals surface area contributed by atoms with Crippen LogP contribution in [0.4, 0.5) is 10.5 Å². The Morgan fingerprint density at radius 2 is 2.00 bits per heavy atom. The monoisotopic (exact) mass is 455 g/mol. The highest BCUT2D eigenvalue weighted by Crippen LogP contribution is 2.30. The molecule has 3 rings (SSSR count). The smallest absolute Gasteiger partial charge is 0.410 e. The predicted octanol–water partition coefficient (Wildman–Crippen LogP) is 1.63. The number of aromatic amines is 1. The van der Waals surface area contributed by atoms with Crippen LogP contribution in [0.15, 0.2) is 30.3 Å². The minimum absolute atomic E-state index is 0.0476. The minimum Gasteiger partial charge on any atom is -0.495 e. The molecule has 1 aliphatic heterocycles. The van der Waals surface area contributed by atoms with E-state index in [2.05, 4.69) is 4.98 Å². The molecule has 1 fully saturated rings. The lowest BCUT2D eigenvalue weighted by molar-refractivity contribution is -0.384. The summed E-state index contributed by atoms with van der Waals surface area (Å²) in [6, 6.07) is 6.25. The van der Waals surface area contributed by atoms with Crippen LogP contribution in [-0.2, 0) is 32.1 Å². The van der Waals surface area contributed by atoms with E-state index in [1.807, 2.05) is 0 Å². The molecule has 0 radical (unpaired) electrons. The van der Waals surface area contributed by atoms with Crippen molar-refractivity contribution in [2.45, 2.75) is 31.6 Å². The number of nitro groups is 1. The molecule has 168 valence electrons. The fraction of sp³-hybridized carbons (Fsp3) is 0.389. The van der Waals surface area contributed by atoms with E-state index in [-0.39, 0.29) is 43.4 Å². The van der Waals surface area contributed by atoms with Gasteiger partial charge >= 0.3 is 6.09 Å². The van der Waals surface area contributed by atoms with Crippen LogP contribution in [0.5, 0.6) is 11.8 Å². The third kappa shape index (κ3) is 5.86. The zero-order valence-electron chi connectivity index (χ0n) is 16.4. The lowest BCUT2D eigenvalue weighted by Crippen LogP contribution is -2.37. The van der Waals surface area contributed by atoms with Gasteiger partial charge in [0.05, 0.1) is 23.8 Å². The van der Waals surface area contributed by atoms with E-state index < -0.39 is 33.3 Å². The zero-order chi connectivity index (χ0) is 22.8. The number of amides is 1. The molecule has 0 spiro atoms. The third-order valence-electron chi connectivity index (χ3n) is 4.75. The molecule has 1 aromatic heterocycles. The number of rotatable bonds is 7. The van der Waals surface area contributed by atoms with Crippen molar-refractivity contribution in [3.05, 3.63) is 51.6 Å². The van der Waals surface area contributed by atoms with Gasteiger partial charge in [0.15, 0.2) is 11.8 Å². The van der Waals surface area contributed by atoms with Gasteiger partial charge in [-0.3, -0.25) is 19.3 Å². The van der Waals surface area contributed by atoms with Crippen molar-refractivity contribution in [1.29, 1.82) is 0 Å². The number of ether oxygens (including phenoxy) is 1. The van der Waals surface area contributed by atoms with E-state index in [0.717, 1.165) is 6.26 Å². The number of non-ortho nitro benzene ring substituents is 1. The Kier molecular flexibility index (Phi) is 6.36. The lowest BCUT2D eigenvalue weighted by Gasteiger charge is -2.23. The topological polar surface area (TPSA) is 172 Å². The summed E-state index contributed by atoms with van der Waals surface area (Å²) in [7, 11) is -3.75. The average molecular weight is 455 g/mol. The largest absolute Gasteiger partial charge is 0.495 e. The summed E-state index contributed by atoms with van der Waals surface area (Å²) in [5.74, 6) is -0.508. The van der Waals surface area contributed by atoms with Crippen LogP contribution in [-0.4, -0.2) is 64.5 Å². The number of carbonyl (C=O) groups is 1. The maximum Gasteiger partial charge on any atom is 0.410 e. The molecule has 1 aliphatic rings. The van der Waals surface area contributed by atoms with E-state index in [1.54, 1.807) is 0 Å². The molecule has 13 heteroatoms. The maximum absolute atomic E-state index is 12.7. The molecule has 0 aliphatic carbocycles. The van der Waals surface area contributed by atoms with Crippen LogP contribution in [0.25, 0.3) is 0 Å². The molecule has 0 unspecified atom stereocenters. The van der Waals surface area contributed by atoms with Gasteiger partial charge in [-0.25, -0.2) is 4.79 Å². The Morgan fingerprint density at radius 3 is 2.55 bits per heavy atom. The Balaban J connectivity index is 1.70. The summed E-state index contributed by atoms with van der Waals surface area (Å²) in [4.78, 5) is 26.5. The molecule has 31 heavy (non-hydrogen) atoms. The first-order valence-electron chi connectivity index (χ1n) is 9.16. The molecular formula is C18H21N3O9S. The number of nitrogens with zero attached hydrogens (tertiary/aromatic N) is 2. The van der Waals surface area contributed by atoms with Crippen LogP contribution >= 0.6 is 0 Å². The second-order valence-electron chi connectivity index (χ2n) is 7.17. The first-order chi connectivity index (χ1) is 14.5. The standard InChI is InChI=1S/C18H21N3O9S/c1-31(27,28)30-15-8-14(6-12-7-16(22)19-17(12)23)20(9-15)18(24)29-10-11-2-4-13(5-3-11)21(25)26/h2-5,7,14-15,19,22-23H,6,8-10H2,1H3/t14-,15-/m1/s1. The van der Waals surface area contributed by atoms with Crippen LogP contribution in [0.1, 0.15) is 17.5 Å². The zero-order valence-corrected chi connectivity index (χ0v) is 17.2. The van der Waals surface area contributed by atoms with E-state index in [1.165, 1.54) is 35.2 Å². The Bertz CT molecular complexity index is 1070. The summed E-state index contributed by atoms with van der Waals surface area (Å²) in [6.07, 6.45) is -0.318. The molecule has 2 heterocycles. The summed E-state index contributed by atoms with van der Waals surface area (Å²) in [5, 5.41) is 30.1. The Hall–Kier alpha value is -3.32. The second kappa shape index (κ2) is 8.81. The fourth-order valence-electron chi connectivity index (χ4n) is 3.43. The number of carbonyl (C=O) groups excluding carboxylic acids is 1. The van der Waals surface area contributed by atoms with Crippen molar-refractivity contribution in [3.63, 3.8) is 0 Å². The van der Waals surface area contributed by atoms with Gasteiger partial charge in [0.2, 0.25) is 0 Å². The van der Waals surface area contributed by atoms with Crippen molar-refractivity contribution in [1.82, 2.24) is 9.88 Å². The van der Waals surface area contributed by atoms with E-state index in [9.17, 15) is 33.5 Å². The molecule has 1 aromatic carbocycles. The molecule has 2 atom stereocenters. The molecule has 0 bridgehead atoms. The van der Waals surface area contributed by atoms with Gasteiger partial charge in [0.1, 0.15) is 6.61 Å². The second-order valence-corrected chi connectivity index (χ2v) is 8.78. The number of aromatic nitrogens is 1. The number of likely N-dealkylation sites (tertiary alicyclic amines) is 1. The third-order valence-corrected chi connectivity index (χ3v) is 5.37. The number of nitro benzene ring substituents is 1. The molecule has 12 nitrogen and oxygen atoms in total. The first-order valence-corrected chi connectivity index (χ1v) is 11.0. The van der Waals surface area contributed by atoms with E-state index in [0.29, 0.717) is 11.1 Å². The summed E-state index contributed by atoms with van der Waals surface area (Å²) in [6.45, 7) is -0.193. The highest BCUT2D eigenvalue weighted by Gasteiger charge is 2.39. The normalized spacial score (nSPS) is 18.8. The first kappa shape index (κ1) is 22.4. The number of hydrogen-bond acceptors (Lipinski definition) is 9. The van der Waals surface area contributed by atoms with Crippen LogP contribution in [0, 0.1) is 10.1 Å². The quantitative estimate of drug-likeness (QED) is 0.319. The van der Waals surface area contributed by atoms with Gasteiger partial charge in [0.25, 0.3) is 15.8 Å². The fourth-order valence-corrected chi connectivity index (χ4v) is 4.06. The van der Waals surface area contributed by atoms with Crippen molar-refractivity contribution in [2.24, 2.45) is 0 Å². The van der Waals surface area contributed by atoms with Crippen molar-refractivity contribution in [2.75, 3.05) is 12.8 Å². The van der Waals surface area contributed by atoms with Gasteiger partial charge in [-0.15, -0.1) is 0 Å². The number of hydrogen-bond donors (Lipinski definition) is 3. The van der Waals surface area contributed by atoms with Crippen molar-refractivity contribution < 1.29 is 37.3 Å². The number of nitrogens with one attached hydrogen (secondary N) is 1. The van der Waals surface area contributed by atoms with Crippen molar-refractivity contribution in [3.8, 4) is 11.8 Å². The van der Waals surface area contributed by atoms with Gasteiger partial charge in [-0.05, 0) is 30.5 Å².